The summed E-state index contributed by atoms with van der Waals surface area (Å²) in [5.41, 5.74) is 9.54. The highest BCUT2D eigenvalue weighted by atomic mass is 16.5. The van der Waals surface area contributed by atoms with E-state index in [4.69, 9.17) is 9.47 Å². The molecule has 2 aromatic rings. The zero-order valence-corrected chi connectivity index (χ0v) is 50.0. The van der Waals surface area contributed by atoms with Crippen LogP contribution in [-0.2, 0) is 35.1 Å². The summed E-state index contributed by atoms with van der Waals surface area (Å²) in [4.78, 5) is 10.5. The Hall–Kier alpha value is -2.36. The number of allylic oxidation sites excluding steroid dienone is 2. The Labute approximate surface area is 450 Å². The van der Waals surface area contributed by atoms with E-state index in [1.54, 1.807) is 22.3 Å². The van der Waals surface area contributed by atoms with Crippen molar-refractivity contribution in [1.82, 2.24) is 28.7 Å². The van der Waals surface area contributed by atoms with Crippen molar-refractivity contribution in [3.05, 3.63) is 64.8 Å². The molecule has 6 unspecified atom stereocenters. The van der Waals surface area contributed by atoms with E-state index in [-0.39, 0.29) is 18.5 Å². The minimum atomic E-state index is 0. The van der Waals surface area contributed by atoms with Crippen LogP contribution < -0.4 is 4.74 Å². The first kappa shape index (κ1) is 59.9. The van der Waals surface area contributed by atoms with E-state index in [1.807, 2.05) is 0 Å². The van der Waals surface area contributed by atoms with Crippen molar-refractivity contribution in [1.29, 1.82) is 0 Å². The third-order valence-corrected chi connectivity index (χ3v) is 18.2. The molecule has 0 spiro atoms. The van der Waals surface area contributed by atoms with Crippen molar-refractivity contribution in [2.24, 2.45) is 23.7 Å². The second kappa shape index (κ2) is 23.7. The van der Waals surface area contributed by atoms with E-state index in [1.165, 1.54) is 109 Å². The lowest BCUT2D eigenvalue weighted by atomic mass is 10.0. The number of rotatable bonds is 0. The Kier molecular flexibility index (Phi) is 19.4. The van der Waals surface area contributed by atoms with Crippen LogP contribution in [0.15, 0.2) is 48.1 Å². The Balaban J connectivity index is 0.000000142. The molecule has 0 bridgehead atoms. The number of nitrogens with zero attached hydrogens (tertiary/aromatic N) is 6. The molecule has 12 rings (SSSR count). The Morgan fingerprint density at radius 3 is 1.42 bits per heavy atom. The van der Waals surface area contributed by atoms with E-state index >= 15 is 0 Å². The number of fused-ring (bicyclic) bond motifs is 6. The van der Waals surface area contributed by atoms with E-state index < -0.39 is 0 Å². The molecule has 0 aromatic carbocycles. The van der Waals surface area contributed by atoms with Crippen LogP contribution in [-0.4, -0.2) is 122 Å². The smallest absolute Gasteiger partial charge is 0.140 e. The van der Waals surface area contributed by atoms with Gasteiger partial charge in [0, 0.05) is 114 Å². The largest absolute Gasteiger partial charge is 0.491 e. The van der Waals surface area contributed by atoms with Gasteiger partial charge in [-0.25, -0.2) is 0 Å². The van der Waals surface area contributed by atoms with Crippen molar-refractivity contribution in [2.75, 3.05) is 59.1 Å². The van der Waals surface area contributed by atoms with Gasteiger partial charge in [0.15, 0.2) is 0 Å². The quantitative estimate of drug-likeness (QED) is 0.262. The molecule has 2 aromatic heterocycles. The SMILES string of the molecule is C.CC(C)(C)N1CC2=CCC=C2C1.CC(C)(C)N1CC2CCCC2C1.CC(C)(C)N1CCC2CCCC21.CC(C)(C)N1CCC2COCC21.CC(C)(C)n1cc2c(c1)CCC2.CC(C)(C)n1cc2c(c1)OCC2. The van der Waals surface area contributed by atoms with Crippen LogP contribution in [0.3, 0.4) is 0 Å². The first-order valence-electron chi connectivity index (χ1n) is 29.5. The summed E-state index contributed by atoms with van der Waals surface area (Å²) in [5.74, 6) is 5.03. The highest BCUT2D eigenvalue weighted by Crippen LogP contribution is 2.42. The highest BCUT2D eigenvalue weighted by molar-refractivity contribution is 5.43. The van der Waals surface area contributed by atoms with Gasteiger partial charge in [-0.05, 0) is 242 Å². The standard InChI is InChI=1S/C11H21N.2C11H17N.C11H21N.C10H15NO.C10H19NO.CH4/c3*1-11(2,3)12-7-9-5-4-6-10(9)8-12;1-11(2,3)12-8-7-9-5-4-6-10(9)12;1-10(2,3)11-6-8-4-5-12-9(8)7-11;1-10(2,3)11-5-4-8-6-12-7-9(8)11;/h9-10H,4-8H2,1-3H3;7-8H,4-6H2,1-3H3;5-6H,4,7-8H2,1-3H3;9-10H,4-8H2,1-3H3;6-7H,4-5H2,1-3H3;8-9H,4-7H2,1-3H3;1H4. The normalized spacial score (nSPS) is 27.6. The molecular weight excluding hydrogens is 897 g/mol. The topological polar surface area (TPSA) is 41.3 Å². The van der Waals surface area contributed by atoms with Gasteiger partial charge in [-0.2, -0.15) is 0 Å². The van der Waals surface area contributed by atoms with Crippen molar-refractivity contribution in [3.63, 3.8) is 0 Å². The van der Waals surface area contributed by atoms with Crippen LogP contribution in [0.25, 0.3) is 0 Å². The second-order valence-electron chi connectivity index (χ2n) is 29.7. The Morgan fingerprint density at radius 2 is 0.918 bits per heavy atom. The van der Waals surface area contributed by atoms with Gasteiger partial charge in [-0.15, -0.1) is 0 Å². The first-order valence-corrected chi connectivity index (χ1v) is 29.5. The molecule has 8 heterocycles. The Morgan fingerprint density at radius 1 is 0.438 bits per heavy atom. The maximum atomic E-state index is 5.50. The van der Waals surface area contributed by atoms with E-state index in [0.717, 1.165) is 74.8 Å². The predicted molar refractivity (Wildman–Crippen MR) is 312 cm³/mol. The van der Waals surface area contributed by atoms with Crippen molar-refractivity contribution < 1.29 is 9.47 Å². The van der Waals surface area contributed by atoms with Crippen LogP contribution in [0.5, 0.6) is 5.75 Å². The van der Waals surface area contributed by atoms with E-state index in [2.05, 4.69) is 190 Å². The maximum absolute atomic E-state index is 5.50. The summed E-state index contributed by atoms with van der Waals surface area (Å²) in [6.07, 6.45) is 31.6. The van der Waals surface area contributed by atoms with Crippen LogP contribution in [0, 0.1) is 23.7 Å². The van der Waals surface area contributed by atoms with Gasteiger partial charge in [0.05, 0.1) is 19.8 Å². The second-order valence-corrected chi connectivity index (χ2v) is 29.7. The van der Waals surface area contributed by atoms with E-state index in [0.29, 0.717) is 28.2 Å². The third kappa shape index (κ3) is 15.4. The zero-order valence-electron chi connectivity index (χ0n) is 50.0. The number of ether oxygens (including phenoxy) is 2. The van der Waals surface area contributed by atoms with Gasteiger partial charge < -0.3 is 18.6 Å². The molecule has 416 valence electrons. The fraction of sp³-hybridized carbons (Fsp3) is 0.815. The van der Waals surface area contributed by atoms with Gasteiger partial charge in [-0.1, -0.05) is 32.4 Å². The fourth-order valence-electron chi connectivity index (χ4n) is 13.5. The predicted octanol–water partition coefficient (Wildman–Crippen LogP) is 14.6. The summed E-state index contributed by atoms with van der Waals surface area (Å²) in [6, 6.07) is 1.65. The van der Waals surface area contributed by atoms with Crippen LogP contribution >= 0.6 is 0 Å². The summed E-state index contributed by atoms with van der Waals surface area (Å²) in [6.45, 7) is 51.7. The van der Waals surface area contributed by atoms with E-state index in [9.17, 15) is 0 Å². The monoisotopic (exact) mass is 1010 g/mol. The lowest BCUT2D eigenvalue weighted by molar-refractivity contribution is 0.0883. The van der Waals surface area contributed by atoms with Gasteiger partial charge >= 0.3 is 0 Å². The van der Waals surface area contributed by atoms with Crippen LogP contribution in [0.1, 0.15) is 213 Å². The molecule has 0 amide bonds. The molecule has 7 fully saturated rings. The molecule has 10 aliphatic rings. The van der Waals surface area contributed by atoms with Gasteiger partial charge in [-0.3, -0.25) is 19.6 Å². The summed E-state index contributed by atoms with van der Waals surface area (Å²) in [7, 11) is 0. The molecule has 0 N–H and O–H groups in total. The molecule has 73 heavy (non-hydrogen) atoms. The number of aryl methyl sites for hydroxylation is 2. The average molecular weight is 1010 g/mol. The summed E-state index contributed by atoms with van der Waals surface area (Å²) >= 11 is 0. The number of hydrogen-bond donors (Lipinski definition) is 0. The Bertz CT molecular complexity index is 1940. The molecule has 4 aliphatic carbocycles. The molecular formula is C65H114N6O2. The van der Waals surface area contributed by atoms with Crippen molar-refractivity contribution in [2.45, 2.75) is 261 Å². The molecule has 2 saturated carbocycles. The highest BCUT2D eigenvalue weighted by Gasteiger charge is 2.44. The summed E-state index contributed by atoms with van der Waals surface area (Å²) < 4.78 is 15.5. The van der Waals surface area contributed by atoms with Crippen molar-refractivity contribution >= 4 is 0 Å². The van der Waals surface area contributed by atoms with Crippen LogP contribution in [0.4, 0.5) is 0 Å². The van der Waals surface area contributed by atoms with Gasteiger partial charge in [0.25, 0.3) is 0 Å². The minimum absolute atomic E-state index is 0. The van der Waals surface area contributed by atoms with Gasteiger partial charge in [0.1, 0.15) is 5.75 Å². The lowest BCUT2D eigenvalue weighted by Crippen LogP contribution is -2.46. The lowest BCUT2D eigenvalue weighted by Gasteiger charge is -2.36. The molecule has 8 heteroatoms. The number of hydrogen-bond acceptors (Lipinski definition) is 6. The molecule has 6 atom stereocenters. The third-order valence-electron chi connectivity index (χ3n) is 18.2. The minimum Gasteiger partial charge on any atom is -0.491 e. The molecule has 0 radical (unpaired) electrons. The average Bonchev–Trinajstić information content (AvgIpc) is 4.08. The molecule has 6 aliphatic heterocycles. The zero-order chi connectivity index (χ0) is 52.6. The molecule has 8 nitrogen and oxygen atoms in total. The van der Waals surface area contributed by atoms with Crippen LogP contribution in [0.2, 0.25) is 0 Å². The van der Waals surface area contributed by atoms with Crippen molar-refractivity contribution in [3.8, 4) is 5.75 Å². The molecule has 5 saturated heterocycles. The number of aromatic nitrogens is 2. The summed E-state index contributed by atoms with van der Waals surface area (Å²) in [5, 5.41) is 0. The number of likely N-dealkylation sites (tertiary alicyclic amines) is 4. The van der Waals surface area contributed by atoms with Gasteiger partial charge in [0.2, 0.25) is 0 Å². The first-order chi connectivity index (χ1) is 33.5. The maximum Gasteiger partial charge on any atom is 0.140 e. The fourth-order valence-corrected chi connectivity index (χ4v) is 13.5.